The van der Waals surface area contributed by atoms with Crippen molar-refractivity contribution in [3.05, 3.63) is 21.3 Å². The molecule has 1 unspecified atom stereocenters. The largest absolute Gasteiger partial charge is 0.395 e. The summed E-state index contributed by atoms with van der Waals surface area (Å²) in [6, 6.07) is 3.94. The summed E-state index contributed by atoms with van der Waals surface area (Å²) in [4.78, 5) is 1.27. The Balaban J connectivity index is 2.33. The highest BCUT2D eigenvalue weighted by atomic mass is 35.5. The summed E-state index contributed by atoms with van der Waals surface area (Å²) in [5.41, 5.74) is 0. The van der Waals surface area contributed by atoms with Crippen LogP contribution in [-0.4, -0.2) is 17.0 Å². The molecule has 1 rings (SSSR count). The minimum absolute atomic E-state index is 0.240. The van der Waals surface area contributed by atoms with Crippen molar-refractivity contribution in [1.82, 2.24) is 0 Å². The van der Waals surface area contributed by atoms with Gasteiger partial charge < -0.3 is 5.11 Å². The minimum Gasteiger partial charge on any atom is -0.395 e. The number of aliphatic hydroxyl groups is 1. The zero-order chi connectivity index (χ0) is 8.97. The third-order valence-electron chi connectivity index (χ3n) is 1.40. The van der Waals surface area contributed by atoms with Crippen LogP contribution in [0.15, 0.2) is 12.1 Å². The first-order valence-electron chi connectivity index (χ1n) is 3.69. The molecule has 0 saturated carbocycles. The van der Waals surface area contributed by atoms with E-state index in [4.69, 9.17) is 16.7 Å². The van der Waals surface area contributed by atoms with Gasteiger partial charge in [-0.3, -0.25) is 0 Å². The lowest BCUT2D eigenvalue weighted by Crippen LogP contribution is -2.01. The summed E-state index contributed by atoms with van der Waals surface area (Å²) in [6.07, 6.45) is 0. The molecule has 4 heteroatoms. The van der Waals surface area contributed by atoms with E-state index in [2.05, 4.69) is 0 Å². The summed E-state index contributed by atoms with van der Waals surface area (Å²) < 4.78 is 0.835. The fourth-order valence-electron chi connectivity index (χ4n) is 0.706. The molecule has 0 aliphatic rings. The average molecular weight is 223 g/mol. The predicted octanol–water partition coefficient (Wildman–Crippen LogP) is 3.02. The van der Waals surface area contributed by atoms with Crippen molar-refractivity contribution in [2.24, 2.45) is 0 Å². The molecule has 0 bridgehead atoms. The van der Waals surface area contributed by atoms with Crippen LogP contribution in [0.1, 0.15) is 11.8 Å². The molecule has 0 radical (unpaired) electrons. The van der Waals surface area contributed by atoms with Crippen LogP contribution < -0.4 is 0 Å². The van der Waals surface area contributed by atoms with E-state index in [1.54, 1.807) is 23.1 Å². The van der Waals surface area contributed by atoms with Crippen LogP contribution in [-0.2, 0) is 5.75 Å². The zero-order valence-electron chi connectivity index (χ0n) is 6.79. The van der Waals surface area contributed by atoms with Gasteiger partial charge in [0.1, 0.15) is 0 Å². The average Bonchev–Trinajstić information content (AvgIpc) is 2.47. The van der Waals surface area contributed by atoms with Gasteiger partial charge >= 0.3 is 0 Å². The van der Waals surface area contributed by atoms with Crippen LogP contribution in [0.5, 0.6) is 0 Å². The first-order chi connectivity index (χ1) is 5.72. The number of hydrogen-bond donors (Lipinski definition) is 1. The predicted molar refractivity (Wildman–Crippen MR) is 57.2 cm³/mol. The zero-order valence-corrected chi connectivity index (χ0v) is 9.18. The quantitative estimate of drug-likeness (QED) is 0.845. The van der Waals surface area contributed by atoms with E-state index >= 15 is 0 Å². The number of thioether (sulfide) groups is 1. The van der Waals surface area contributed by atoms with Gasteiger partial charge in [0.2, 0.25) is 0 Å². The minimum atomic E-state index is 0.240. The van der Waals surface area contributed by atoms with Gasteiger partial charge in [-0.15, -0.1) is 11.3 Å². The molecule has 0 amide bonds. The molecule has 1 heterocycles. The van der Waals surface area contributed by atoms with Crippen LogP contribution in [0.25, 0.3) is 0 Å². The lowest BCUT2D eigenvalue weighted by atomic mass is 10.5. The smallest absolute Gasteiger partial charge is 0.0931 e. The third-order valence-corrected chi connectivity index (χ3v) is 4.01. The maximum Gasteiger partial charge on any atom is 0.0931 e. The van der Waals surface area contributed by atoms with E-state index in [-0.39, 0.29) is 6.61 Å². The summed E-state index contributed by atoms with van der Waals surface area (Å²) in [5, 5.41) is 9.09. The molecule has 1 atom stereocenters. The number of rotatable bonds is 4. The molecule has 1 nitrogen and oxygen atoms in total. The second kappa shape index (κ2) is 5.12. The molecule has 1 aromatic heterocycles. The second-order valence-electron chi connectivity index (χ2n) is 2.51. The summed E-state index contributed by atoms with van der Waals surface area (Å²) >= 11 is 9.12. The highest BCUT2D eigenvalue weighted by molar-refractivity contribution is 7.99. The Kier molecular flexibility index (Phi) is 4.43. The standard InChI is InChI=1S/C8H11ClOS2/c1-6(4-10)11-5-7-2-3-8(9)12-7/h2-3,6,10H,4-5H2,1H3. The Labute approximate surface area is 85.8 Å². The fraction of sp³-hybridized carbons (Fsp3) is 0.500. The van der Waals surface area contributed by atoms with Crippen LogP contribution in [0.3, 0.4) is 0 Å². The van der Waals surface area contributed by atoms with Crippen LogP contribution >= 0.6 is 34.7 Å². The number of hydrogen-bond acceptors (Lipinski definition) is 3. The van der Waals surface area contributed by atoms with E-state index < -0.39 is 0 Å². The first-order valence-corrected chi connectivity index (χ1v) is 5.93. The van der Waals surface area contributed by atoms with E-state index in [1.165, 1.54) is 4.88 Å². The monoisotopic (exact) mass is 222 g/mol. The maximum atomic E-state index is 8.77. The van der Waals surface area contributed by atoms with Crippen LogP contribution in [0.4, 0.5) is 0 Å². The lowest BCUT2D eigenvalue weighted by Gasteiger charge is -2.04. The van der Waals surface area contributed by atoms with E-state index in [0.717, 1.165) is 10.1 Å². The summed E-state index contributed by atoms with van der Waals surface area (Å²) in [7, 11) is 0. The molecule has 0 aromatic carbocycles. The maximum absolute atomic E-state index is 8.77. The second-order valence-corrected chi connectivity index (χ2v) is 5.74. The highest BCUT2D eigenvalue weighted by Gasteiger charge is 2.02. The van der Waals surface area contributed by atoms with Crippen molar-refractivity contribution in [3.8, 4) is 0 Å². The Morgan fingerprint density at radius 2 is 2.42 bits per heavy atom. The molecule has 12 heavy (non-hydrogen) atoms. The Morgan fingerprint density at radius 3 is 2.92 bits per heavy atom. The van der Waals surface area contributed by atoms with Crippen LogP contribution in [0, 0.1) is 0 Å². The van der Waals surface area contributed by atoms with Gasteiger partial charge in [0.25, 0.3) is 0 Å². The molecule has 1 N–H and O–H groups in total. The van der Waals surface area contributed by atoms with Gasteiger partial charge in [0.05, 0.1) is 10.9 Å². The summed E-state index contributed by atoms with van der Waals surface area (Å²) in [5.74, 6) is 0.944. The third kappa shape index (κ3) is 3.35. The van der Waals surface area contributed by atoms with Crippen molar-refractivity contribution in [1.29, 1.82) is 0 Å². The Hall–Kier alpha value is 0.300. The van der Waals surface area contributed by atoms with Gasteiger partial charge in [-0.25, -0.2) is 0 Å². The Bertz CT molecular complexity index is 237. The number of thiophene rings is 1. The van der Waals surface area contributed by atoms with E-state index in [0.29, 0.717) is 5.25 Å². The normalized spacial score (nSPS) is 13.2. The van der Waals surface area contributed by atoms with E-state index in [9.17, 15) is 0 Å². The first kappa shape index (κ1) is 10.4. The molecule has 0 aliphatic carbocycles. The van der Waals surface area contributed by atoms with Gasteiger partial charge in [0, 0.05) is 15.9 Å². The van der Waals surface area contributed by atoms with Crippen molar-refractivity contribution in [3.63, 3.8) is 0 Å². The molecular formula is C8H11ClOS2. The van der Waals surface area contributed by atoms with Crippen molar-refractivity contribution < 1.29 is 5.11 Å². The lowest BCUT2D eigenvalue weighted by molar-refractivity contribution is 0.300. The fourth-order valence-corrected chi connectivity index (χ4v) is 2.68. The summed E-state index contributed by atoms with van der Waals surface area (Å²) in [6.45, 7) is 2.25. The van der Waals surface area contributed by atoms with Crippen LogP contribution in [0.2, 0.25) is 4.34 Å². The van der Waals surface area contributed by atoms with Gasteiger partial charge in [-0.2, -0.15) is 11.8 Å². The molecule has 0 aliphatic heterocycles. The molecule has 1 aromatic rings. The van der Waals surface area contributed by atoms with Crippen molar-refractivity contribution in [2.45, 2.75) is 17.9 Å². The highest BCUT2D eigenvalue weighted by Crippen LogP contribution is 2.26. The SMILES string of the molecule is CC(CO)SCc1ccc(Cl)s1. The molecule has 0 saturated heterocycles. The number of halogens is 1. The molecular weight excluding hydrogens is 212 g/mol. The topological polar surface area (TPSA) is 20.2 Å². The number of aliphatic hydroxyl groups excluding tert-OH is 1. The van der Waals surface area contributed by atoms with Gasteiger partial charge in [-0.1, -0.05) is 18.5 Å². The van der Waals surface area contributed by atoms with Gasteiger partial charge in [-0.05, 0) is 12.1 Å². The molecule has 68 valence electrons. The molecule has 0 fully saturated rings. The van der Waals surface area contributed by atoms with E-state index in [1.807, 2.05) is 19.1 Å². The Morgan fingerprint density at radius 1 is 1.67 bits per heavy atom. The van der Waals surface area contributed by atoms with Gasteiger partial charge in [0.15, 0.2) is 0 Å². The molecule has 0 spiro atoms. The van der Waals surface area contributed by atoms with Crippen molar-refractivity contribution >= 4 is 34.7 Å². The van der Waals surface area contributed by atoms with Crippen molar-refractivity contribution in [2.75, 3.05) is 6.61 Å².